The molecule has 1 atom stereocenters. The van der Waals surface area contributed by atoms with Crippen molar-refractivity contribution in [1.82, 2.24) is 34.7 Å². The number of nitrogens with zero attached hydrogens (tertiary/aromatic N) is 7. The van der Waals surface area contributed by atoms with Crippen LogP contribution in [0.5, 0.6) is 0 Å². The highest BCUT2D eigenvalue weighted by molar-refractivity contribution is 5.96. The third kappa shape index (κ3) is 1.69. The molecule has 3 aromatic heterocycles. The van der Waals surface area contributed by atoms with E-state index >= 15 is 0 Å². The Morgan fingerprint density at radius 2 is 1.96 bits per heavy atom. The zero-order valence-electron chi connectivity index (χ0n) is 13.4. The molecule has 23 heavy (non-hydrogen) atoms. The highest BCUT2D eigenvalue weighted by Gasteiger charge is 2.43. The van der Waals surface area contributed by atoms with E-state index in [1.54, 1.807) is 4.68 Å². The summed E-state index contributed by atoms with van der Waals surface area (Å²) in [6, 6.07) is 0. The molecule has 0 amide bonds. The van der Waals surface area contributed by atoms with Gasteiger partial charge in [-0.2, -0.15) is 9.78 Å². The average molecular weight is 314 g/mol. The summed E-state index contributed by atoms with van der Waals surface area (Å²) in [6.45, 7) is 7.69. The molecule has 0 aliphatic carbocycles. The summed E-state index contributed by atoms with van der Waals surface area (Å²) in [5.41, 5.74) is 8.65. The lowest BCUT2D eigenvalue weighted by atomic mass is 10.1. The first-order valence-corrected chi connectivity index (χ1v) is 7.44. The van der Waals surface area contributed by atoms with Crippen molar-refractivity contribution in [1.29, 1.82) is 0 Å². The van der Waals surface area contributed by atoms with Gasteiger partial charge >= 0.3 is 0 Å². The van der Waals surface area contributed by atoms with Gasteiger partial charge in [0.15, 0.2) is 17.3 Å². The standard InChI is InChI=1S/C13H18N10/c1-5-9-17-18-11-10(6(2)20-23(9)11)15-13(14)7(3)21-22-8(4)16-19-12(13)22/h15,20H,5,14H2,1-4H3. The second-order valence-corrected chi connectivity index (χ2v) is 5.74. The fraction of sp³-hybridized carbons (Fsp3) is 0.462. The van der Waals surface area contributed by atoms with E-state index < -0.39 is 5.66 Å². The van der Waals surface area contributed by atoms with Gasteiger partial charge in [0.25, 0.3) is 0 Å². The zero-order valence-corrected chi connectivity index (χ0v) is 13.4. The molecule has 0 radical (unpaired) electrons. The van der Waals surface area contributed by atoms with Crippen LogP contribution >= 0.6 is 0 Å². The number of aromatic amines is 1. The highest BCUT2D eigenvalue weighted by Crippen LogP contribution is 2.31. The van der Waals surface area contributed by atoms with Gasteiger partial charge < -0.3 is 5.32 Å². The molecule has 4 heterocycles. The molecule has 10 heteroatoms. The maximum absolute atomic E-state index is 6.58. The van der Waals surface area contributed by atoms with Crippen LogP contribution in [0.4, 0.5) is 5.69 Å². The lowest BCUT2D eigenvalue weighted by molar-refractivity contribution is 0.639. The molecule has 0 bridgehead atoms. The lowest BCUT2D eigenvalue weighted by Crippen LogP contribution is -2.49. The van der Waals surface area contributed by atoms with E-state index in [2.05, 4.69) is 35.9 Å². The monoisotopic (exact) mass is 314 g/mol. The predicted molar refractivity (Wildman–Crippen MR) is 84.2 cm³/mol. The maximum Gasteiger partial charge on any atom is 0.201 e. The molecule has 120 valence electrons. The van der Waals surface area contributed by atoms with Crippen molar-refractivity contribution in [2.75, 3.05) is 5.32 Å². The van der Waals surface area contributed by atoms with Crippen molar-refractivity contribution >= 4 is 17.0 Å². The predicted octanol–water partition coefficient (Wildman–Crippen LogP) is 0.289. The van der Waals surface area contributed by atoms with Crippen molar-refractivity contribution < 1.29 is 0 Å². The summed E-state index contributed by atoms with van der Waals surface area (Å²) in [6.07, 6.45) is 0.780. The SMILES string of the molecule is CCc1nnc2c(NC3(N)C(C)=Nn4c(C)nnc43)c(C)[nH]n12. The zero-order chi connectivity index (χ0) is 16.4. The minimum absolute atomic E-state index is 0.557. The Labute approximate surface area is 131 Å². The summed E-state index contributed by atoms with van der Waals surface area (Å²) >= 11 is 0. The number of aryl methyl sites for hydroxylation is 3. The van der Waals surface area contributed by atoms with E-state index in [0.29, 0.717) is 23.0 Å². The minimum atomic E-state index is -1.03. The molecule has 4 rings (SSSR count). The topological polar surface area (TPSA) is 127 Å². The fourth-order valence-corrected chi connectivity index (χ4v) is 2.82. The summed E-state index contributed by atoms with van der Waals surface area (Å²) in [5, 5.41) is 27.7. The Hall–Kier alpha value is -2.75. The van der Waals surface area contributed by atoms with Crippen molar-refractivity contribution in [2.24, 2.45) is 10.8 Å². The number of nitrogens with two attached hydrogens (primary N) is 1. The number of hydrogen-bond acceptors (Lipinski definition) is 7. The number of fused-ring (bicyclic) bond motifs is 2. The second-order valence-electron chi connectivity index (χ2n) is 5.74. The first-order chi connectivity index (χ1) is 11.0. The maximum atomic E-state index is 6.58. The molecule has 1 aliphatic heterocycles. The van der Waals surface area contributed by atoms with Gasteiger partial charge in [-0.25, -0.2) is 4.52 Å². The van der Waals surface area contributed by atoms with Crippen LogP contribution in [0.2, 0.25) is 0 Å². The molecule has 0 aromatic carbocycles. The van der Waals surface area contributed by atoms with Gasteiger partial charge in [-0.3, -0.25) is 10.8 Å². The van der Waals surface area contributed by atoms with Crippen molar-refractivity contribution in [2.45, 2.75) is 39.8 Å². The third-order valence-corrected chi connectivity index (χ3v) is 4.22. The van der Waals surface area contributed by atoms with Gasteiger partial charge in [0.05, 0.1) is 11.4 Å². The summed E-state index contributed by atoms with van der Waals surface area (Å²) in [7, 11) is 0. The Morgan fingerprint density at radius 3 is 2.70 bits per heavy atom. The van der Waals surface area contributed by atoms with Crippen molar-refractivity contribution in [3.05, 3.63) is 23.2 Å². The van der Waals surface area contributed by atoms with Gasteiger partial charge in [-0.1, -0.05) is 6.92 Å². The van der Waals surface area contributed by atoms with Gasteiger partial charge in [0.1, 0.15) is 5.69 Å². The molecule has 10 nitrogen and oxygen atoms in total. The van der Waals surface area contributed by atoms with Gasteiger partial charge in [-0.15, -0.1) is 20.4 Å². The molecule has 3 aromatic rings. The van der Waals surface area contributed by atoms with E-state index in [-0.39, 0.29) is 0 Å². The number of nitrogens with one attached hydrogen (secondary N) is 2. The molecule has 4 N–H and O–H groups in total. The second kappa shape index (κ2) is 4.38. The molecule has 0 saturated heterocycles. The van der Waals surface area contributed by atoms with Crippen LogP contribution in [-0.2, 0) is 12.1 Å². The number of aromatic nitrogens is 7. The largest absolute Gasteiger partial charge is 0.352 e. The molecule has 0 saturated carbocycles. The van der Waals surface area contributed by atoms with E-state index in [9.17, 15) is 0 Å². The number of anilines is 1. The van der Waals surface area contributed by atoms with Crippen LogP contribution in [0.25, 0.3) is 5.65 Å². The Morgan fingerprint density at radius 1 is 1.17 bits per heavy atom. The van der Waals surface area contributed by atoms with Crippen molar-refractivity contribution in [3.63, 3.8) is 0 Å². The molecule has 1 unspecified atom stereocenters. The first kappa shape index (κ1) is 13.9. The first-order valence-electron chi connectivity index (χ1n) is 7.44. The molecular weight excluding hydrogens is 296 g/mol. The Kier molecular flexibility index (Phi) is 2.64. The van der Waals surface area contributed by atoms with Crippen LogP contribution < -0.4 is 11.1 Å². The summed E-state index contributed by atoms with van der Waals surface area (Å²) in [4.78, 5) is 0. The van der Waals surface area contributed by atoms with Gasteiger partial charge in [-0.05, 0) is 20.8 Å². The van der Waals surface area contributed by atoms with Gasteiger partial charge in [0, 0.05) is 6.42 Å². The van der Waals surface area contributed by atoms with Gasteiger partial charge in [0.2, 0.25) is 11.5 Å². The lowest BCUT2D eigenvalue weighted by Gasteiger charge is -2.24. The van der Waals surface area contributed by atoms with E-state index in [0.717, 1.165) is 23.6 Å². The quantitative estimate of drug-likeness (QED) is 0.596. The normalized spacial score (nSPS) is 20.1. The molecule has 1 aliphatic rings. The number of H-pyrrole nitrogens is 1. The highest BCUT2D eigenvalue weighted by atomic mass is 15.5. The van der Waals surface area contributed by atoms with E-state index in [1.165, 1.54) is 0 Å². The number of rotatable bonds is 3. The van der Waals surface area contributed by atoms with E-state index in [4.69, 9.17) is 5.73 Å². The van der Waals surface area contributed by atoms with Crippen LogP contribution in [0.3, 0.4) is 0 Å². The summed E-state index contributed by atoms with van der Waals surface area (Å²) < 4.78 is 3.52. The van der Waals surface area contributed by atoms with Crippen LogP contribution in [0.1, 0.15) is 37.0 Å². The van der Waals surface area contributed by atoms with Crippen LogP contribution in [0.15, 0.2) is 5.10 Å². The van der Waals surface area contributed by atoms with Crippen LogP contribution in [-0.4, -0.2) is 40.4 Å². The van der Waals surface area contributed by atoms with Crippen LogP contribution in [0, 0.1) is 13.8 Å². The average Bonchev–Trinajstić information content (AvgIpc) is 3.21. The summed E-state index contributed by atoms with van der Waals surface area (Å²) in [5.74, 6) is 2.11. The smallest absolute Gasteiger partial charge is 0.201 e. The Bertz CT molecular complexity index is 942. The Balaban J connectivity index is 1.83. The van der Waals surface area contributed by atoms with E-state index in [1.807, 2.05) is 32.2 Å². The molecule has 0 spiro atoms. The minimum Gasteiger partial charge on any atom is -0.352 e. The molecule has 0 fully saturated rings. The number of hydrogen-bond donors (Lipinski definition) is 3. The fourth-order valence-electron chi connectivity index (χ4n) is 2.82. The van der Waals surface area contributed by atoms with Crippen molar-refractivity contribution in [3.8, 4) is 0 Å². The third-order valence-electron chi connectivity index (χ3n) is 4.22. The molecular formula is C13H18N10.